The van der Waals surface area contributed by atoms with Gasteiger partial charge in [-0.1, -0.05) is 73.2 Å². The number of hydrogen-bond donors (Lipinski definition) is 0. The minimum absolute atomic E-state index is 0.0798. The molecule has 0 N–H and O–H groups in total. The van der Waals surface area contributed by atoms with E-state index in [0.717, 1.165) is 18.7 Å². The van der Waals surface area contributed by atoms with Crippen LogP contribution in [0.5, 0.6) is 0 Å². The van der Waals surface area contributed by atoms with Crippen LogP contribution in [0.15, 0.2) is 72.6 Å². The van der Waals surface area contributed by atoms with Crippen LogP contribution >= 0.6 is 0 Å². The van der Waals surface area contributed by atoms with Gasteiger partial charge in [0.05, 0.1) is 23.8 Å². The number of allylic oxidation sites excluding steroid dienone is 1. The van der Waals surface area contributed by atoms with Crippen molar-refractivity contribution in [3.63, 3.8) is 0 Å². The second-order valence-electron chi connectivity index (χ2n) is 8.63. The van der Waals surface area contributed by atoms with Gasteiger partial charge in [-0.3, -0.25) is 0 Å². The third kappa shape index (κ3) is 3.05. The summed E-state index contributed by atoms with van der Waals surface area (Å²) >= 11 is 0. The fourth-order valence-electron chi connectivity index (χ4n) is 5.48. The average molecular weight is 385 g/mol. The van der Waals surface area contributed by atoms with Crippen LogP contribution < -0.4 is 0 Å². The minimum Gasteiger partial charge on any atom is -0.376 e. The van der Waals surface area contributed by atoms with Gasteiger partial charge in [-0.25, -0.2) is 4.98 Å². The predicted molar refractivity (Wildman–Crippen MR) is 117 cm³/mol. The molecular weight excluding hydrogens is 356 g/mol. The van der Waals surface area contributed by atoms with Gasteiger partial charge in [-0.05, 0) is 30.9 Å². The molecule has 2 aromatic carbocycles. The molecule has 0 bridgehead atoms. The Morgan fingerprint density at radius 2 is 1.79 bits per heavy atom. The summed E-state index contributed by atoms with van der Waals surface area (Å²) in [4.78, 5) is 4.79. The quantitative estimate of drug-likeness (QED) is 0.540. The van der Waals surface area contributed by atoms with E-state index in [0.29, 0.717) is 5.92 Å². The molecule has 0 unspecified atom stereocenters. The first-order valence-corrected chi connectivity index (χ1v) is 10.6. The van der Waals surface area contributed by atoms with Gasteiger partial charge in [-0.15, -0.1) is 0 Å². The molecule has 5 rings (SSSR count). The molecule has 29 heavy (non-hydrogen) atoms. The first-order valence-electron chi connectivity index (χ1n) is 10.6. The third-order valence-electron chi connectivity index (χ3n) is 7.00. The highest BCUT2D eigenvalue weighted by Gasteiger charge is 2.46. The maximum absolute atomic E-state index is 6.10. The van der Waals surface area contributed by atoms with E-state index in [1.54, 1.807) is 5.57 Å². The number of nitrogens with zero attached hydrogens (tertiary/aromatic N) is 2. The summed E-state index contributed by atoms with van der Waals surface area (Å²) in [6, 6.07) is 21.2. The van der Waals surface area contributed by atoms with Gasteiger partial charge in [0, 0.05) is 30.6 Å². The summed E-state index contributed by atoms with van der Waals surface area (Å²) in [5.41, 5.74) is 6.44. The third-order valence-corrected chi connectivity index (χ3v) is 7.00. The molecular formula is C26H28N2O. The van der Waals surface area contributed by atoms with Crippen LogP contribution in [-0.2, 0) is 11.3 Å². The Bertz CT molecular complexity index is 1020. The Morgan fingerprint density at radius 1 is 1.07 bits per heavy atom. The van der Waals surface area contributed by atoms with Crippen molar-refractivity contribution in [1.82, 2.24) is 9.55 Å². The largest absolute Gasteiger partial charge is 0.376 e. The first kappa shape index (κ1) is 18.4. The Labute approximate surface area is 173 Å². The van der Waals surface area contributed by atoms with Gasteiger partial charge in [0.25, 0.3) is 0 Å². The second kappa shape index (κ2) is 7.31. The molecule has 0 amide bonds. The number of aromatic nitrogens is 2. The zero-order valence-corrected chi connectivity index (χ0v) is 17.2. The van der Waals surface area contributed by atoms with Crippen molar-refractivity contribution in [2.75, 3.05) is 7.11 Å². The van der Waals surface area contributed by atoms with Gasteiger partial charge in [-0.2, -0.15) is 0 Å². The lowest BCUT2D eigenvalue weighted by Crippen LogP contribution is -2.42. The van der Waals surface area contributed by atoms with E-state index >= 15 is 0 Å². The molecule has 3 atom stereocenters. The molecule has 1 saturated carbocycles. The summed E-state index contributed by atoms with van der Waals surface area (Å²) < 4.78 is 8.45. The van der Waals surface area contributed by atoms with Gasteiger partial charge in [0.15, 0.2) is 0 Å². The highest BCUT2D eigenvalue weighted by Crippen LogP contribution is 2.54. The van der Waals surface area contributed by atoms with E-state index in [4.69, 9.17) is 9.72 Å². The maximum Gasteiger partial charge on any atom is 0.0958 e. The number of benzene rings is 2. The number of imidazole rings is 1. The summed E-state index contributed by atoms with van der Waals surface area (Å²) in [7, 11) is 1.86. The predicted octanol–water partition coefficient (Wildman–Crippen LogP) is 6.14. The van der Waals surface area contributed by atoms with E-state index in [9.17, 15) is 0 Å². The molecule has 2 aliphatic rings. The fourth-order valence-corrected chi connectivity index (χ4v) is 5.48. The number of rotatable bonds is 4. The molecule has 1 aromatic heterocycles. The van der Waals surface area contributed by atoms with Crippen molar-refractivity contribution in [1.29, 1.82) is 0 Å². The molecule has 0 saturated heterocycles. The standard InChI is InChI=1S/C26H28N2O/c1-26-17-28-18-27-24(19-10-5-3-6-11-19)23(28)16-21(26)14-9-15-22(26)25(29-2)20-12-7-4-8-13-20/h3-8,10-13,16,18,22,25H,9,14-15,17H2,1-2H3/t22-,25-,26+/m1/s1. The van der Waals surface area contributed by atoms with E-state index in [1.165, 1.54) is 29.7 Å². The molecule has 3 aromatic rings. The molecule has 1 fully saturated rings. The molecule has 3 heteroatoms. The molecule has 2 heterocycles. The van der Waals surface area contributed by atoms with Crippen LogP contribution in [0.1, 0.15) is 43.5 Å². The Balaban J connectivity index is 1.55. The van der Waals surface area contributed by atoms with Crippen LogP contribution in [0.25, 0.3) is 17.3 Å². The summed E-state index contributed by atoms with van der Waals surface area (Å²) in [5.74, 6) is 0.450. The molecule has 148 valence electrons. The normalized spacial score (nSPS) is 24.3. The zero-order valence-electron chi connectivity index (χ0n) is 17.2. The van der Waals surface area contributed by atoms with E-state index in [1.807, 2.05) is 13.4 Å². The van der Waals surface area contributed by atoms with Crippen LogP contribution in [0.2, 0.25) is 0 Å². The average Bonchev–Trinajstić information content (AvgIpc) is 3.16. The summed E-state index contributed by atoms with van der Waals surface area (Å²) in [6.45, 7) is 3.40. The summed E-state index contributed by atoms with van der Waals surface area (Å²) in [6.07, 6.45) is 8.13. The van der Waals surface area contributed by atoms with Crippen molar-refractivity contribution in [2.24, 2.45) is 11.3 Å². The van der Waals surface area contributed by atoms with Crippen molar-refractivity contribution in [2.45, 2.75) is 38.8 Å². The van der Waals surface area contributed by atoms with Crippen molar-refractivity contribution >= 4 is 6.08 Å². The molecule has 0 radical (unpaired) electrons. The zero-order chi connectivity index (χ0) is 19.8. The number of hydrogen-bond acceptors (Lipinski definition) is 2. The molecule has 3 nitrogen and oxygen atoms in total. The maximum atomic E-state index is 6.10. The lowest BCUT2D eigenvalue weighted by atomic mass is 9.60. The lowest BCUT2D eigenvalue weighted by Gasteiger charge is -2.49. The monoisotopic (exact) mass is 384 g/mol. The van der Waals surface area contributed by atoms with Crippen molar-refractivity contribution in [3.05, 3.63) is 83.8 Å². The summed E-state index contributed by atoms with van der Waals surface area (Å²) in [5, 5.41) is 0. The fraction of sp³-hybridized carbons (Fsp3) is 0.346. The topological polar surface area (TPSA) is 27.1 Å². The number of fused-ring (bicyclic) bond motifs is 2. The molecule has 1 aliphatic carbocycles. The van der Waals surface area contributed by atoms with Crippen LogP contribution in [0.3, 0.4) is 0 Å². The highest BCUT2D eigenvalue weighted by molar-refractivity contribution is 5.72. The number of ether oxygens (including phenoxy) is 1. The Kier molecular flexibility index (Phi) is 4.63. The molecule has 1 aliphatic heterocycles. The Hall–Kier alpha value is -2.65. The second-order valence-corrected chi connectivity index (χ2v) is 8.63. The van der Waals surface area contributed by atoms with Crippen LogP contribution in [0.4, 0.5) is 0 Å². The van der Waals surface area contributed by atoms with Crippen molar-refractivity contribution in [3.8, 4) is 11.3 Å². The van der Waals surface area contributed by atoms with Gasteiger partial charge in [0.2, 0.25) is 0 Å². The SMILES string of the molecule is CO[C@H](c1ccccc1)[C@H]1CCCC2=Cc3c(-c4ccccc4)ncn3C[C@@]21C. The smallest absolute Gasteiger partial charge is 0.0958 e. The van der Waals surface area contributed by atoms with Gasteiger partial charge in [0.1, 0.15) is 0 Å². The molecule has 0 spiro atoms. The highest BCUT2D eigenvalue weighted by atomic mass is 16.5. The van der Waals surface area contributed by atoms with E-state index < -0.39 is 0 Å². The number of methoxy groups -OCH3 is 1. The van der Waals surface area contributed by atoms with Crippen LogP contribution in [-0.4, -0.2) is 16.7 Å². The van der Waals surface area contributed by atoms with Gasteiger partial charge >= 0.3 is 0 Å². The first-order chi connectivity index (χ1) is 14.2. The Morgan fingerprint density at radius 3 is 2.52 bits per heavy atom. The van der Waals surface area contributed by atoms with E-state index in [2.05, 4.69) is 78.2 Å². The van der Waals surface area contributed by atoms with E-state index in [-0.39, 0.29) is 11.5 Å². The minimum atomic E-state index is 0.0798. The lowest BCUT2D eigenvalue weighted by molar-refractivity contribution is -0.0182. The van der Waals surface area contributed by atoms with Gasteiger partial charge < -0.3 is 9.30 Å². The van der Waals surface area contributed by atoms with Crippen molar-refractivity contribution < 1.29 is 4.74 Å². The van der Waals surface area contributed by atoms with Crippen LogP contribution in [0, 0.1) is 11.3 Å².